The third kappa shape index (κ3) is 1.99. The fraction of sp³-hybridized carbons (Fsp3) is 0.733. The first-order valence-corrected chi connectivity index (χ1v) is 7.30. The molecular formula is C15H25N3. The summed E-state index contributed by atoms with van der Waals surface area (Å²) in [6.07, 6.45) is 2.63. The number of hydrogen-bond acceptors (Lipinski definition) is 2. The van der Waals surface area contributed by atoms with Crippen molar-refractivity contribution in [2.45, 2.75) is 44.6 Å². The Morgan fingerprint density at radius 2 is 2.17 bits per heavy atom. The van der Waals surface area contributed by atoms with Crippen LogP contribution < -0.4 is 5.32 Å². The molecule has 0 radical (unpaired) electrons. The molecular weight excluding hydrogens is 222 g/mol. The number of H-pyrrole nitrogens is 1. The van der Waals surface area contributed by atoms with E-state index in [1.165, 1.54) is 36.3 Å². The van der Waals surface area contributed by atoms with Crippen molar-refractivity contribution in [3.8, 4) is 0 Å². The monoisotopic (exact) mass is 247 g/mol. The molecule has 2 N–H and O–H groups in total. The Hall–Kier alpha value is -0.800. The van der Waals surface area contributed by atoms with E-state index in [-0.39, 0.29) is 0 Å². The van der Waals surface area contributed by atoms with Crippen molar-refractivity contribution < 1.29 is 0 Å². The Kier molecular flexibility index (Phi) is 3.20. The van der Waals surface area contributed by atoms with Gasteiger partial charge >= 0.3 is 0 Å². The van der Waals surface area contributed by atoms with E-state index in [2.05, 4.69) is 42.2 Å². The van der Waals surface area contributed by atoms with Crippen molar-refractivity contribution >= 4 is 0 Å². The highest BCUT2D eigenvalue weighted by Gasteiger charge is 2.29. The van der Waals surface area contributed by atoms with E-state index in [0.29, 0.717) is 17.9 Å². The number of nitrogens with one attached hydrogen (secondary N) is 2. The minimum Gasteiger partial charge on any atom is -0.361 e. The van der Waals surface area contributed by atoms with Gasteiger partial charge in [-0.2, -0.15) is 0 Å². The predicted molar refractivity (Wildman–Crippen MR) is 75.1 cm³/mol. The molecule has 100 valence electrons. The highest BCUT2D eigenvalue weighted by atomic mass is 15.1. The molecule has 0 saturated carbocycles. The van der Waals surface area contributed by atoms with Crippen LogP contribution in [0, 0.1) is 0 Å². The minimum atomic E-state index is 0.553. The lowest BCUT2D eigenvalue weighted by molar-refractivity contribution is 0.227. The number of nitrogens with zero attached hydrogens (tertiary/aromatic N) is 1. The van der Waals surface area contributed by atoms with Gasteiger partial charge in [-0.25, -0.2) is 0 Å². The Labute approximate surface area is 110 Å². The van der Waals surface area contributed by atoms with E-state index < -0.39 is 0 Å². The van der Waals surface area contributed by atoms with E-state index in [9.17, 15) is 0 Å². The lowest BCUT2D eigenvalue weighted by atomic mass is 9.92. The van der Waals surface area contributed by atoms with E-state index >= 15 is 0 Å². The molecule has 2 aliphatic rings. The Morgan fingerprint density at radius 1 is 1.33 bits per heavy atom. The van der Waals surface area contributed by atoms with Crippen molar-refractivity contribution in [1.82, 2.24) is 15.2 Å². The third-order valence-electron chi connectivity index (χ3n) is 4.80. The summed E-state index contributed by atoms with van der Waals surface area (Å²) in [5, 5.41) is 3.51. The fourth-order valence-corrected chi connectivity index (χ4v) is 3.52. The van der Waals surface area contributed by atoms with Crippen LogP contribution in [-0.4, -0.2) is 36.6 Å². The van der Waals surface area contributed by atoms with Crippen LogP contribution in [0.4, 0.5) is 0 Å². The van der Waals surface area contributed by atoms with Crippen LogP contribution in [0.25, 0.3) is 0 Å². The second-order valence-electron chi connectivity index (χ2n) is 6.15. The van der Waals surface area contributed by atoms with Crippen LogP contribution in [-0.2, 0) is 0 Å². The molecule has 1 aromatic rings. The van der Waals surface area contributed by atoms with E-state index in [0.717, 1.165) is 13.1 Å². The van der Waals surface area contributed by atoms with E-state index in [1.807, 2.05) is 0 Å². The molecule has 1 aromatic heterocycles. The van der Waals surface area contributed by atoms with Gasteiger partial charge in [-0.1, -0.05) is 6.92 Å². The minimum absolute atomic E-state index is 0.553. The van der Waals surface area contributed by atoms with Crippen LogP contribution in [0.5, 0.6) is 0 Å². The first-order chi connectivity index (χ1) is 8.66. The van der Waals surface area contributed by atoms with Crippen LogP contribution in [0.1, 0.15) is 61.5 Å². The highest BCUT2D eigenvalue weighted by molar-refractivity contribution is 5.35. The molecule has 18 heavy (non-hydrogen) atoms. The van der Waals surface area contributed by atoms with Gasteiger partial charge in [0.25, 0.3) is 0 Å². The zero-order valence-electron chi connectivity index (χ0n) is 11.8. The number of likely N-dealkylation sites (N-methyl/N-ethyl adjacent to an activating group) is 1. The first-order valence-electron chi connectivity index (χ1n) is 7.30. The normalized spacial score (nSPS) is 33.4. The fourth-order valence-electron chi connectivity index (χ4n) is 3.52. The topological polar surface area (TPSA) is 31.1 Å². The average molecular weight is 247 g/mol. The number of aromatic amines is 1. The van der Waals surface area contributed by atoms with Crippen molar-refractivity contribution in [3.63, 3.8) is 0 Å². The molecule has 3 heterocycles. The van der Waals surface area contributed by atoms with Crippen LogP contribution >= 0.6 is 0 Å². The zero-order chi connectivity index (χ0) is 12.7. The van der Waals surface area contributed by atoms with Crippen molar-refractivity contribution in [2.24, 2.45) is 0 Å². The SMILES string of the molecule is CC1CN(C)C(C)c2cc(C3CCCNC3)[nH]c21. The summed E-state index contributed by atoms with van der Waals surface area (Å²) < 4.78 is 0. The molecule has 3 heteroatoms. The third-order valence-corrected chi connectivity index (χ3v) is 4.80. The molecule has 1 fully saturated rings. The van der Waals surface area contributed by atoms with Crippen LogP contribution in [0.15, 0.2) is 6.07 Å². The Balaban J connectivity index is 1.90. The molecule has 0 aromatic carbocycles. The number of hydrogen-bond donors (Lipinski definition) is 2. The number of piperidine rings is 1. The van der Waals surface area contributed by atoms with Gasteiger partial charge in [0.05, 0.1) is 0 Å². The molecule has 3 rings (SSSR count). The Bertz CT molecular complexity index is 417. The van der Waals surface area contributed by atoms with Crippen molar-refractivity contribution in [1.29, 1.82) is 0 Å². The van der Waals surface area contributed by atoms with Gasteiger partial charge in [-0.05, 0) is 45.0 Å². The first kappa shape index (κ1) is 12.2. The molecule has 3 unspecified atom stereocenters. The van der Waals surface area contributed by atoms with Gasteiger partial charge in [-0.3, -0.25) is 4.90 Å². The number of rotatable bonds is 1. The molecule has 0 spiro atoms. The number of fused-ring (bicyclic) bond motifs is 1. The average Bonchev–Trinajstić information content (AvgIpc) is 2.83. The molecule has 0 bridgehead atoms. The zero-order valence-corrected chi connectivity index (χ0v) is 11.8. The summed E-state index contributed by atoms with van der Waals surface area (Å²) in [6, 6.07) is 2.99. The summed E-state index contributed by atoms with van der Waals surface area (Å²) >= 11 is 0. The highest BCUT2D eigenvalue weighted by Crippen LogP contribution is 2.37. The quantitative estimate of drug-likeness (QED) is 0.799. The molecule has 0 amide bonds. The standard InChI is InChI=1S/C15H25N3/c1-10-9-18(3)11(2)13-7-14(17-15(10)13)12-5-4-6-16-8-12/h7,10-12,16-17H,4-6,8-9H2,1-3H3. The van der Waals surface area contributed by atoms with Crippen LogP contribution in [0.2, 0.25) is 0 Å². The van der Waals surface area contributed by atoms with Crippen LogP contribution in [0.3, 0.4) is 0 Å². The molecule has 1 saturated heterocycles. The molecule has 3 nitrogen and oxygen atoms in total. The summed E-state index contributed by atoms with van der Waals surface area (Å²) in [5.41, 5.74) is 4.47. The van der Waals surface area contributed by atoms with E-state index in [1.54, 1.807) is 0 Å². The van der Waals surface area contributed by atoms with Gasteiger partial charge in [0.2, 0.25) is 0 Å². The van der Waals surface area contributed by atoms with Gasteiger partial charge in [0, 0.05) is 42.4 Å². The van der Waals surface area contributed by atoms with Crippen molar-refractivity contribution in [2.75, 3.05) is 26.7 Å². The maximum absolute atomic E-state index is 3.74. The number of aromatic nitrogens is 1. The maximum Gasteiger partial charge on any atom is 0.0335 e. The van der Waals surface area contributed by atoms with E-state index in [4.69, 9.17) is 0 Å². The lowest BCUT2D eigenvalue weighted by Crippen LogP contribution is -2.32. The second-order valence-corrected chi connectivity index (χ2v) is 6.15. The van der Waals surface area contributed by atoms with Gasteiger partial charge in [0.1, 0.15) is 0 Å². The van der Waals surface area contributed by atoms with Gasteiger partial charge in [-0.15, -0.1) is 0 Å². The molecule has 0 aliphatic carbocycles. The van der Waals surface area contributed by atoms with Crippen molar-refractivity contribution in [3.05, 3.63) is 23.0 Å². The second kappa shape index (κ2) is 4.71. The maximum atomic E-state index is 3.74. The summed E-state index contributed by atoms with van der Waals surface area (Å²) in [6.45, 7) is 8.14. The summed E-state index contributed by atoms with van der Waals surface area (Å²) in [4.78, 5) is 6.20. The smallest absolute Gasteiger partial charge is 0.0335 e. The molecule has 2 aliphatic heterocycles. The van der Waals surface area contributed by atoms with Gasteiger partial charge in [0.15, 0.2) is 0 Å². The summed E-state index contributed by atoms with van der Waals surface area (Å²) in [5.74, 6) is 1.32. The predicted octanol–water partition coefficient (Wildman–Crippen LogP) is 2.59. The summed E-state index contributed by atoms with van der Waals surface area (Å²) in [7, 11) is 2.24. The lowest BCUT2D eigenvalue weighted by Gasteiger charge is -2.33. The van der Waals surface area contributed by atoms with Gasteiger partial charge < -0.3 is 10.3 Å². The largest absolute Gasteiger partial charge is 0.361 e. The Morgan fingerprint density at radius 3 is 2.89 bits per heavy atom. The molecule has 3 atom stereocenters.